The van der Waals surface area contributed by atoms with Gasteiger partial charge >= 0.3 is 12.1 Å². The summed E-state index contributed by atoms with van der Waals surface area (Å²) in [4.78, 5) is 33.6. The molecule has 0 saturated heterocycles. The van der Waals surface area contributed by atoms with E-state index in [-0.39, 0.29) is 0 Å². The minimum atomic E-state index is -4.74. The second kappa shape index (κ2) is 6.38. The van der Waals surface area contributed by atoms with Crippen molar-refractivity contribution in [3.05, 3.63) is 35.4 Å². The molecule has 8 heteroatoms. The van der Waals surface area contributed by atoms with E-state index in [4.69, 9.17) is 5.11 Å². The van der Waals surface area contributed by atoms with Crippen LogP contribution in [0.4, 0.5) is 13.2 Å². The average molecular weight is 303 g/mol. The van der Waals surface area contributed by atoms with E-state index in [0.29, 0.717) is 0 Å². The predicted molar refractivity (Wildman–Crippen MR) is 65.6 cm³/mol. The lowest BCUT2D eigenvalue weighted by Crippen LogP contribution is -2.42. The van der Waals surface area contributed by atoms with Gasteiger partial charge in [0, 0.05) is 6.42 Å². The molecule has 0 bridgehead atoms. The van der Waals surface area contributed by atoms with Crippen molar-refractivity contribution < 1.29 is 32.7 Å². The minimum absolute atomic E-state index is 0.505. The highest BCUT2D eigenvalue weighted by Crippen LogP contribution is 2.31. The Labute approximate surface area is 117 Å². The molecule has 114 valence electrons. The summed E-state index contributed by atoms with van der Waals surface area (Å²) in [6, 6.07) is 2.42. The van der Waals surface area contributed by atoms with Gasteiger partial charge in [-0.25, -0.2) is 4.79 Å². The number of hydrogen-bond donors (Lipinski definition) is 2. The smallest absolute Gasteiger partial charge is 0.417 e. The monoisotopic (exact) mass is 303 g/mol. The van der Waals surface area contributed by atoms with Crippen LogP contribution in [0.2, 0.25) is 0 Å². The largest absolute Gasteiger partial charge is 0.480 e. The zero-order chi connectivity index (χ0) is 16.2. The van der Waals surface area contributed by atoms with Crippen molar-refractivity contribution in [1.82, 2.24) is 5.32 Å². The van der Waals surface area contributed by atoms with Gasteiger partial charge in [-0.1, -0.05) is 12.1 Å². The van der Waals surface area contributed by atoms with Gasteiger partial charge in [-0.15, -0.1) is 0 Å². The first kappa shape index (κ1) is 16.7. The Morgan fingerprint density at radius 2 is 1.81 bits per heavy atom. The number of nitrogens with one attached hydrogen (secondary N) is 1. The number of rotatable bonds is 5. The molecule has 5 nitrogen and oxygen atoms in total. The molecule has 0 radical (unpaired) electrons. The Morgan fingerprint density at radius 1 is 1.24 bits per heavy atom. The number of amides is 1. The highest BCUT2D eigenvalue weighted by atomic mass is 19.4. The Bertz CT molecular complexity index is 569. The Morgan fingerprint density at radius 3 is 2.29 bits per heavy atom. The fraction of sp³-hybridized carbons (Fsp3) is 0.308. The maximum atomic E-state index is 12.8. The summed E-state index contributed by atoms with van der Waals surface area (Å²) >= 11 is 0. The number of alkyl halides is 3. The van der Waals surface area contributed by atoms with Gasteiger partial charge < -0.3 is 10.4 Å². The van der Waals surface area contributed by atoms with Crippen LogP contribution in [0, 0.1) is 0 Å². The third-order valence-corrected chi connectivity index (χ3v) is 2.57. The van der Waals surface area contributed by atoms with E-state index in [1.165, 1.54) is 6.07 Å². The average Bonchev–Trinajstić information content (AvgIpc) is 2.36. The fourth-order valence-electron chi connectivity index (χ4n) is 1.65. The van der Waals surface area contributed by atoms with Crippen molar-refractivity contribution in [3.8, 4) is 0 Å². The van der Waals surface area contributed by atoms with Crippen LogP contribution in [0.15, 0.2) is 24.3 Å². The molecule has 2 N–H and O–H groups in total. The van der Waals surface area contributed by atoms with Crippen LogP contribution in [0.1, 0.15) is 29.3 Å². The van der Waals surface area contributed by atoms with Crippen molar-refractivity contribution >= 4 is 17.7 Å². The van der Waals surface area contributed by atoms with Gasteiger partial charge in [0.2, 0.25) is 0 Å². The quantitative estimate of drug-likeness (QED) is 0.869. The van der Waals surface area contributed by atoms with E-state index in [0.717, 1.165) is 25.1 Å². The lowest BCUT2D eigenvalue weighted by atomic mass is 10.1. The summed E-state index contributed by atoms with van der Waals surface area (Å²) in [5.74, 6) is -3.20. The van der Waals surface area contributed by atoms with Crippen molar-refractivity contribution in [2.75, 3.05) is 0 Å². The molecule has 0 aliphatic heterocycles. The number of carbonyl (C=O) groups excluding carboxylic acids is 2. The van der Waals surface area contributed by atoms with Crippen LogP contribution >= 0.6 is 0 Å². The highest BCUT2D eigenvalue weighted by Gasteiger charge is 2.35. The Balaban J connectivity index is 3.04. The van der Waals surface area contributed by atoms with Crippen LogP contribution < -0.4 is 5.32 Å². The molecule has 0 spiro atoms. The predicted octanol–water partition coefficient (Wildman–Crippen LogP) is 1.87. The molecular weight excluding hydrogens is 291 g/mol. The van der Waals surface area contributed by atoms with E-state index in [2.05, 4.69) is 0 Å². The molecule has 1 aromatic rings. The van der Waals surface area contributed by atoms with Gasteiger partial charge in [-0.05, 0) is 19.1 Å². The zero-order valence-corrected chi connectivity index (χ0v) is 10.9. The van der Waals surface area contributed by atoms with Crippen LogP contribution in [-0.2, 0) is 15.8 Å². The van der Waals surface area contributed by atoms with Gasteiger partial charge in [0.25, 0.3) is 5.91 Å². The second-order valence-corrected chi connectivity index (χ2v) is 4.31. The maximum absolute atomic E-state index is 12.8. The van der Waals surface area contributed by atoms with Crippen LogP contribution in [-0.4, -0.2) is 28.8 Å². The first-order chi connectivity index (χ1) is 9.62. The number of carboxylic acid groups (broad SMARTS) is 1. The summed E-state index contributed by atoms with van der Waals surface area (Å²) in [7, 11) is 0. The van der Waals surface area contributed by atoms with Crippen LogP contribution in [0.3, 0.4) is 0 Å². The molecule has 21 heavy (non-hydrogen) atoms. The van der Waals surface area contributed by atoms with Crippen LogP contribution in [0.25, 0.3) is 0 Å². The molecule has 0 aromatic heterocycles. The zero-order valence-electron chi connectivity index (χ0n) is 10.9. The first-order valence-corrected chi connectivity index (χ1v) is 5.82. The molecule has 1 unspecified atom stereocenters. The molecule has 1 atom stereocenters. The summed E-state index contributed by atoms with van der Waals surface area (Å²) in [6.07, 6.45) is -5.25. The summed E-state index contributed by atoms with van der Waals surface area (Å²) in [6.45, 7) is 1.12. The molecule has 0 aliphatic carbocycles. The van der Waals surface area contributed by atoms with Gasteiger partial charge in [0.05, 0.1) is 11.1 Å². The van der Waals surface area contributed by atoms with Gasteiger partial charge in [0.1, 0.15) is 11.8 Å². The number of aliphatic carboxylic acids is 1. The standard InChI is InChI=1S/C13H12F3NO4/c1-7(18)6-10(12(20)21)17-11(19)8-4-2-3-5-9(8)13(14,15)16/h2-5,10H,6H2,1H3,(H,17,19)(H,20,21). The maximum Gasteiger partial charge on any atom is 0.417 e. The third-order valence-electron chi connectivity index (χ3n) is 2.57. The minimum Gasteiger partial charge on any atom is -0.480 e. The SMILES string of the molecule is CC(=O)CC(NC(=O)c1ccccc1C(F)(F)F)C(=O)O. The molecule has 1 rings (SSSR count). The lowest BCUT2D eigenvalue weighted by molar-refractivity contribution is -0.140. The molecule has 0 aliphatic rings. The van der Waals surface area contributed by atoms with E-state index in [1.807, 2.05) is 5.32 Å². The molecule has 0 fully saturated rings. The fourth-order valence-corrected chi connectivity index (χ4v) is 1.65. The topological polar surface area (TPSA) is 83.5 Å². The number of halogens is 3. The number of ketones is 1. The molecule has 0 saturated carbocycles. The van der Waals surface area contributed by atoms with Gasteiger partial charge in [0.15, 0.2) is 0 Å². The Hall–Kier alpha value is -2.38. The summed E-state index contributed by atoms with van der Waals surface area (Å²) in [5.41, 5.74) is -1.87. The number of carbonyl (C=O) groups is 3. The number of carboxylic acids is 1. The summed E-state index contributed by atoms with van der Waals surface area (Å²) in [5, 5.41) is 10.8. The van der Waals surface area contributed by atoms with Gasteiger partial charge in [-0.2, -0.15) is 13.2 Å². The summed E-state index contributed by atoms with van der Waals surface area (Å²) < 4.78 is 38.3. The lowest BCUT2D eigenvalue weighted by Gasteiger charge is -2.16. The normalized spacial score (nSPS) is 12.6. The molecule has 0 heterocycles. The van der Waals surface area contributed by atoms with Crippen molar-refractivity contribution in [2.24, 2.45) is 0 Å². The van der Waals surface area contributed by atoms with E-state index >= 15 is 0 Å². The molecule has 1 aromatic carbocycles. The van der Waals surface area contributed by atoms with Crippen molar-refractivity contribution in [3.63, 3.8) is 0 Å². The van der Waals surface area contributed by atoms with Crippen molar-refractivity contribution in [1.29, 1.82) is 0 Å². The third kappa shape index (κ3) is 4.59. The van der Waals surface area contributed by atoms with E-state index in [9.17, 15) is 27.6 Å². The van der Waals surface area contributed by atoms with E-state index in [1.54, 1.807) is 0 Å². The van der Waals surface area contributed by atoms with E-state index < -0.39 is 47.4 Å². The highest BCUT2D eigenvalue weighted by molar-refractivity contribution is 5.98. The second-order valence-electron chi connectivity index (χ2n) is 4.31. The van der Waals surface area contributed by atoms with Gasteiger partial charge in [-0.3, -0.25) is 9.59 Å². The Kier molecular flexibility index (Phi) is 5.07. The number of hydrogen-bond acceptors (Lipinski definition) is 3. The number of benzene rings is 1. The number of Topliss-reactive ketones (excluding diaryl/α,β-unsaturated/α-hetero) is 1. The molecular formula is C13H12F3NO4. The van der Waals surface area contributed by atoms with Crippen LogP contribution in [0.5, 0.6) is 0 Å². The first-order valence-electron chi connectivity index (χ1n) is 5.82. The molecule has 1 amide bonds. The van der Waals surface area contributed by atoms with Crippen molar-refractivity contribution in [2.45, 2.75) is 25.6 Å².